The van der Waals surface area contributed by atoms with Gasteiger partial charge >= 0.3 is 0 Å². The summed E-state index contributed by atoms with van der Waals surface area (Å²) in [5.74, 6) is 1.10. The lowest BCUT2D eigenvalue weighted by molar-refractivity contribution is -0.384. The van der Waals surface area contributed by atoms with Gasteiger partial charge in [0, 0.05) is 38.3 Å². The molecule has 0 radical (unpaired) electrons. The van der Waals surface area contributed by atoms with E-state index < -0.39 is 4.92 Å². The van der Waals surface area contributed by atoms with E-state index in [1.54, 1.807) is 24.1 Å². The van der Waals surface area contributed by atoms with Crippen LogP contribution in [0.15, 0.2) is 36.4 Å². The van der Waals surface area contributed by atoms with Crippen molar-refractivity contribution in [3.8, 4) is 11.5 Å². The maximum Gasteiger partial charge on any atom is 0.293 e. The van der Waals surface area contributed by atoms with E-state index in [4.69, 9.17) is 9.47 Å². The first-order valence-electron chi connectivity index (χ1n) is 9.70. The predicted octanol–water partition coefficient (Wildman–Crippen LogP) is 3.24. The zero-order chi connectivity index (χ0) is 20.4. The number of nitro groups is 1. The summed E-state index contributed by atoms with van der Waals surface area (Å²) in [7, 11) is 1.68. The maximum atomic E-state index is 12.9. The van der Waals surface area contributed by atoms with Crippen molar-refractivity contribution >= 4 is 17.3 Å². The van der Waals surface area contributed by atoms with Crippen LogP contribution < -0.4 is 14.4 Å². The second kappa shape index (κ2) is 7.98. The molecular weight excluding hydrogens is 374 g/mol. The second-order valence-electron chi connectivity index (χ2n) is 7.29. The lowest BCUT2D eigenvalue weighted by Gasteiger charge is -2.22. The first kappa shape index (κ1) is 19.0. The third-order valence-corrected chi connectivity index (χ3v) is 5.24. The van der Waals surface area contributed by atoms with Gasteiger partial charge in [-0.3, -0.25) is 14.9 Å². The van der Waals surface area contributed by atoms with E-state index >= 15 is 0 Å². The molecule has 29 heavy (non-hydrogen) atoms. The van der Waals surface area contributed by atoms with Crippen molar-refractivity contribution in [1.82, 2.24) is 4.90 Å². The Hall–Kier alpha value is -3.29. The first-order chi connectivity index (χ1) is 14.0. The monoisotopic (exact) mass is 397 g/mol. The van der Waals surface area contributed by atoms with Crippen LogP contribution in [0, 0.1) is 10.1 Å². The van der Waals surface area contributed by atoms with Crippen LogP contribution in [0.4, 0.5) is 11.4 Å². The third-order valence-electron chi connectivity index (χ3n) is 5.24. The number of nitro benzene ring substituents is 1. The van der Waals surface area contributed by atoms with Crippen LogP contribution in [0.2, 0.25) is 0 Å². The van der Waals surface area contributed by atoms with Gasteiger partial charge in [0.05, 0.1) is 4.92 Å². The van der Waals surface area contributed by atoms with Crippen molar-refractivity contribution in [2.75, 3.05) is 38.3 Å². The summed E-state index contributed by atoms with van der Waals surface area (Å²) in [5.41, 5.74) is 1.76. The standard InChI is InChI=1S/C21H23N3O5/c1-22(14-15-4-7-19-20(12-15)29-11-10-28-19)21(25)16-5-6-17(18(13-16)24(26)27)23-8-2-3-9-23/h4-7,12-13H,2-3,8-11,14H2,1H3. The summed E-state index contributed by atoms with van der Waals surface area (Å²) in [5, 5.41) is 11.6. The zero-order valence-electron chi connectivity index (χ0n) is 16.3. The van der Waals surface area contributed by atoms with Crippen molar-refractivity contribution in [2.24, 2.45) is 0 Å². The molecule has 2 heterocycles. The molecule has 0 bridgehead atoms. The summed E-state index contributed by atoms with van der Waals surface area (Å²) in [4.78, 5) is 27.6. The number of hydrogen-bond acceptors (Lipinski definition) is 6. The fourth-order valence-electron chi connectivity index (χ4n) is 3.78. The Morgan fingerprint density at radius 3 is 2.55 bits per heavy atom. The van der Waals surface area contributed by atoms with Gasteiger partial charge in [-0.2, -0.15) is 0 Å². The van der Waals surface area contributed by atoms with Crippen LogP contribution in [-0.2, 0) is 6.54 Å². The SMILES string of the molecule is CN(Cc1ccc2c(c1)OCCO2)C(=O)c1ccc(N2CCCC2)c([N+](=O)[O-])c1. The average Bonchev–Trinajstić information content (AvgIpc) is 3.27. The van der Waals surface area contributed by atoms with Crippen LogP contribution >= 0.6 is 0 Å². The molecule has 2 aromatic rings. The van der Waals surface area contributed by atoms with Crippen molar-refractivity contribution in [1.29, 1.82) is 0 Å². The number of ether oxygens (including phenoxy) is 2. The fraction of sp³-hybridized carbons (Fsp3) is 0.381. The lowest BCUT2D eigenvalue weighted by atomic mass is 10.1. The number of hydrogen-bond donors (Lipinski definition) is 0. The summed E-state index contributed by atoms with van der Waals surface area (Å²) in [6.07, 6.45) is 2.05. The van der Waals surface area contributed by atoms with Crippen LogP contribution in [0.1, 0.15) is 28.8 Å². The highest BCUT2D eigenvalue weighted by Crippen LogP contribution is 2.33. The highest BCUT2D eigenvalue weighted by Gasteiger charge is 2.25. The molecule has 0 aliphatic carbocycles. The molecule has 152 valence electrons. The molecule has 8 nitrogen and oxygen atoms in total. The van der Waals surface area contributed by atoms with Crippen LogP contribution in [0.25, 0.3) is 0 Å². The molecular formula is C21H23N3O5. The van der Waals surface area contributed by atoms with Gasteiger partial charge in [-0.15, -0.1) is 0 Å². The second-order valence-corrected chi connectivity index (χ2v) is 7.29. The van der Waals surface area contributed by atoms with Gasteiger partial charge in [0.1, 0.15) is 18.9 Å². The molecule has 2 aliphatic rings. The van der Waals surface area contributed by atoms with E-state index in [-0.39, 0.29) is 11.6 Å². The van der Waals surface area contributed by atoms with E-state index in [0.29, 0.717) is 42.5 Å². The van der Waals surface area contributed by atoms with E-state index in [0.717, 1.165) is 31.5 Å². The first-order valence-corrected chi connectivity index (χ1v) is 9.70. The van der Waals surface area contributed by atoms with Gasteiger partial charge in [0.2, 0.25) is 0 Å². The lowest BCUT2D eigenvalue weighted by Crippen LogP contribution is -2.27. The Kier molecular flexibility index (Phi) is 5.24. The molecule has 0 N–H and O–H groups in total. The van der Waals surface area contributed by atoms with Crippen LogP contribution in [0.3, 0.4) is 0 Å². The number of anilines is 1. The van der Waals surface area contributed by atoms with Gasteiger partial charge in [0.25, 0.3) is 11.6 Å². The Labute approximate surface area is 168 Å². The summed E-state index contributed by atoms with van der Waals surface area (Å²) < 4.78 is 11.1. The van der Waals surface area contributed by atoms with Gasteiger partial charge in [-0.05, 0) is 42.7 Å². The molecule has 4 rings (SSSR count). The third kappa shape index (κ3) is 3.96. The number of rotatable bonds is 5. The maximum absolute atomic E-state index is 12.9. The van der Waals surface area contributed by atoms with Crippen molar-refractivity contribution in [3.63, 3.8) is 0 Å². The van der Waals surface area contributed by atoms with E-state index in [1.165, 1.54) is 6.07 Å². The Morgan fingerprint density at radius 2 is 1.83 bits per heavy atom. The highest BCUT2D eigenvalue weighted by atomic mass is 16.6. The molecule has 2 aliphatic heterocycles. The summed E-state index contributed by atoms with van der Waals surface area (Å²) in [6.45, 7) is 2.99. The summed E-state index contributed by atoms with van der Waals surface area (Å²) >= 11 is 0. The Bertz CT molecular complexity index is 940. The zero-order valence-corrected chi connectivity index (χ0v) is 16.3. The molecule has 0 unspecified atom stereocenters. The molecule has 2 aromatic carbocycles. The number of carbonyl (C=O) groups is 1. The smallest absolute Gasteiger partial charge is 0.293 e. The average molecular weight is 397 g/mol. The van der Waals surface area contributed by atoms with Gasteiger partial charge in [0.15, 0.2) is 11.5 Å². The topological polar surface area (TPSA) is 85.2 Å². The molecule has 1 fully saturated rings. The number of fused-ring (bicyclic) bond motifs is 1. The van der Waals surface area contributed by atoms with Crippen molar-refractivity contribution < 1.29 is 19.2 Å². The Balaban J connectivity index is 1.52. The van der Waals surface area contributed by atoms with Gasteiger partial charge < -0.3 is 19.3 Å². The molecule has 0 spiro atoms. The largest absolute Gasteiger partial charge is 0.486 e. The molecule has 1 amide bonds. The minimum absolute atomic E-state index is 0.0227. The van der Waals surface area contributed by atoms with Gasteiger partial charge in [-0.25, -0.2) is 0 Å². The Morgan fingerprint density at radius 1 is 1.10 bits per heavy atom. The minimum atomic E-state index is -0.411. The normalized spacial score (nSPS) is 15.3. The highest BCUT2D eigenvalue weighted by molar-refractivity contribution is 5.95. The van der Waals surface area contributed by atoms with Crippen LogP contribution in [0.5, 0.6) is 11.5 Å². The molecule has 8 heteroatoms. The fourth-order valence-corrected chi connectivity index (χ4v) is 3.78. The molecule has 0 aromatic heterocycles. The number of amides is 1. The number of nitrogens with zero attached hydrogens (tertiary/aromatic N) is 3. The van der Waals surface area contributed by atoms with E-state index in [1.807, 2.05) is 23.1 Å². The van der Waals surface area contributed by atoms with E-state index in [2.05, 4.69) is 0 Å². The van der Waals surface area contributed by atoms with E-state index in [9.17, 15) is 14.9 Å². The molecule has 0 atom stereocenters. The molecule has 1 saturated heterocycles. The molecule has 0 saturated carbocycles. The number of carbonyl (C=O) groups excluding carboxylic acids is 1. The van der Waals surface area contributed by atoms with Crippen LogP contribution in [-0.4, -0.2) is 49.1 Å². The number of benzene rings is 2. The summed E-state index contributed by atoms with van der Waals surface area (Å²) in [6, 6.07) is 10.3. The minimum Gasteiger partial charge on any atom is -0.486 e. The van der Waals surface area contributed by atoms with Crippen molar-refractivity contribution in [2.45, 2.75) is 19.4 Å². The van der Waals surface area contributed by atoms with Gasteiger partial charge in [-0.1, -0.05) is 6.07 Å². The quantitative estimate of drug-likeness (QED) is 0.569. The predicted molar refractivity (Wildman–Crippen MR) is 108 cm³/mol. The van der Waals surface area contributed by atoms with Crippen molar-refractivity contribution in [3.05, 3.63) is 57.6 Å².